The minimum absolute atomic E-state index is 0.175. The van der Waals surface area contributed by atoms with Crippen molar-refractivity contribution in [2.24, 2.45) is 0 Å². The van der Waals surface area contributed by atoms with Gasteiger partial charge in [0, 0.05) is 0 Å². The van der Waals surface area contributed by atoms with Crippen LogP contribution in [0.15, 0.2) is 30.3 Å². The zero-order chi connectivity index (χ0) is 13.3. The summed E-state index contributed by atoms with van der Waals surface area (Å²) >= 11 is 0. The summed E-state index contributed by atoms with van der Waals surface area (Å²) in [6.45, 7) is 0. The van der Waals surface area contributed by atoms with Crippen molar-refractivity contribution in [2.75, 3.05) is 0 Å². The molecule has 94 valence electrons. The van der Waals surface area contributed by atoms with Crippen molar-refractivity contribution in [3.63, 3.8) is 0 Å². The Morgan fingerprint density at radius 1 is 1.17 bits per heavy atom. The number of carbonyl (C=O) groups excluding carboxylic acids is 1. The van der Waals surface area contributed by atoms with Crippen molar-refractivity contribution in [3.8, 4) is 5.69 Å². The number of aldehydes is 1. The number of rotatable bonds is 2. The van der Waals surface area contributed by atoms with E-state index in [4.69, 9.17) is 0 Å². The summed E-state index contributed by atoms with van der Waals surface area (Å²) in [6.07, 6.45) is -4.38. The smallest absolute Gasteiger partial charge is 0.296 e. The van der Waals surface area contributed by atoms with Crippen LogP contribution in [0.5, 0.6) is 0 Å². The highest BCUT2D eigenvalue weighted by molar-refractivity contribution is 5.73. The molecule has 1 aromatic heterocycles. The molecule has 7 heteroatoms. The van der Waals surface area contributed by atoms with E-state index in [0.29, 0.717) is 6.07 Å². The zero-order valence-corrected chi connectivity index (χ0v) is 8.78. The largest absolute Gasteiger partial charge is 0.435 e. The highest BCUT2D eigenvalue weighted by Gasteiger charge is 2.35. The van der Waals surface area contributed by atoms with Crippen LogP contribution < -0.4 is 0 Å². The van der Waals surface area contributed by atoms with E-state index in [1.807, 2.05) is 0 Å². The van der Waals surface area contributed by atoms with Gasteiger partial charge in [-0.2, -0.15) is 18.3 Å². The molecular weight excluding hydrogens is 252 g/mol. The molecule has 0 saturated carbocycles. The summed E-state index contributed by atoms with van der Waals surface area (Å²) in [4.78, 5) is 10.7. The average molecular weight is 258 g/mol. The van der Waals surface area contributed by atoms with Crippen LogP contribution in [0, 0.1) is 5.82 Å². The third-order valence-corrected chi connectivity index (χ3v) is 2.22. The molecule has 0 unspecified atom stereocenters. The van der Waals surface area contributed by atoms with Gasteiger partial charge in [0.1, 0.15) is 11.5 Å². The van der Waals surface area contributed by atoms with Gasteiger partial charge in [-0.1, -0.05) is 0 Å². The Kier molecular flexibility index (Phi) is 2.90. The van der Waals surface area contributed by atoms with Crippen LogP contribution in [-0.4, -0.2) is 16.1 Å². The second-order valence-corrected chi connectivity index (χ2v) is 3.46. The van der Waals surface area contributed by atoms with Crippen molar-refractivity contribution in [2.45, 2.75) is 6.18 Å². The number of aromatic nitrogens is 2. The summed E-state index contributed by atoms with van der Waals surface area (Å²) in [7, 11) is 0. The zero-order valence-electron chi connectivity index (χ0n) is 8.78. The Balaban J connectivity index is 2.53. The molecule has 18 heavy (non-hydrogen) atoms. The van der Waals surface area contributed by atoms with Gasteiger partial charge in [-0.05, 0) is 30.3 Å². The summed E-state index contributed by atoms with van der Waals surface area (Å²) in [6, 6.07) is 5.24. The van der Waals surface area contributed by atoms with Gasteiger partial charge in [-0.15, -0.1) is 0 Å². The van der Waals surface area contributed by atoms with Gasteiger partial charge in [0.2, 0.25) is 0 Å². The van der Waals surface area contributed by atoms with E-state index < -0.39 is 17.7 Å². The standard InChI is InChI=1S/C11H6F4N2O/c12-7-1-3-8(4-2-7)17-9(6-18)5-10(16-17)11(13,14)15/h1-6H. The molecule has 0 amide bonds. The van der Waals surface area contributed by atoms with E-state index in [-0.39, 0.29) is 17.7 Å². The first kappa shape index (κ1) is 12.3. The molecule has 1 heterocycles. The SMILES string of the molecule is O=Cc1cc(C(F)(F)F)nn1-c1ccc(F)cc1. The molecule has 1 aromatic carbocycles. The summed E-state index contributed by atoms with van der Waals surface area (Å²) < 4.78 is 50.9. The Bertz CT molecular complexity index is 572. The number of nitrogens with zero attached hydrogens (tertiary/aromatic N) is 2. The molecule has 0 aliphatic carbocycles. The van der Waals surface area contributed by atoms with E-state index in [1.165, 1.54) is 12.1 Å². The van der Waals surface area contributed by atoms with Crippen LogP contribution in [-0.2, 0) is 6.18 Å². The predicted octanol–water partition coefficient (Wildman–Crippen LogP) is 2.84. The van der Waals surface area contributed by atoms with Crippen LogP contribution >= 0.6 is 0 Å². The van der Waals surface area contributed by atoms with Crippen LogP contribution in [0.1, 0.15) is 16.2 Å². The first-order chi connectivity index (χ1) is 8.41. The highest BCUT2D eigenvalue weighted by atomic mass is 19.4. The molecule has 0 spiro atoms. The Morgan fingerprint density at radius 2 is 1.78 bits per heavy atom. The van der Waals surface area contributed by atoms with Crippen molar-refractivity contribution in [3.05, 3.63) is 47.5 Å². The van der Waals surface area contributed by atoms with Crippen molar-refractivity contribution in [1.82, 2.24) is 9.78 Å². The van der Waals surface area contributed by atoms with Crippen molar-refractivity contribution >= 4 is 6.29 Å². The molecule has 0 atom stereocenters. The number of hydrogen-bond donors (Lipinski definition) is 0. The van der Waals surface area contributed by atoms with Crippen LogP contribution in [0.3, 0.4) is 0 Å². The molecule has 0 aliphatic heterocycles. The monoisotopic (exact) mass is 258 g/mol. The molecule has 0 N–H and O–H groups in total. The van der Waals surface area contributed by atoms with Crippen molar-refractivity contribution < 1.29 is 22.4 Å². The van der Waals surface area contributed by atoms with Gasteiger partial charge < -0.3 is 0 Å². The molecule has 0 aliphatic rings. The second-order valence-electron chi connectivity index (χ2n) is 3.46. The van der Waals surface area contributed by atoms with E-state index in [9.17, 15) is 22.4 Å². The Hall–Kier alpha value is -2.18. The van der Waals surface area contributed by atoms with Gasteiger partial charge in [0.15, 0.2) is 12.0 Å². The van der Waals surface area contributed by atoms with Crippen LogP contribution in [0.25, 0.3) is 5.69 Å². The van der Waals surface area contributed by atoms with Crippen molar-refractivity contribution in [1.29, 1.82) is 0 Å². The predicted molar refractivity (Wildman–Crippen MR) is 53.9 cm³/mol. The van der Waals surface area contributed by atoms with E-state index in [0.717, 1.165) is 16.8 Å². The molecule has 2 rings (SSSR count). The van der Waals surface area contributed by atoms with Gasteiger partial charge in [-0.25, -0.2) is 9.07 Å². The number of carbonyl (C=O) groups is 1. The molecule has 3 nitrogen and oxygen atoms in total. The van der Waals surface area contributed by atoms with Crippen LogP contribution in [0.2, 0.25) is 0 Å². The number of alkyl halides is 3. The average Bonchev–Trinajstić information content (AvgIpc) is 2.73. The lowest BCUT2D eigenvalue weighted by Crippen LogP contribution is -2.07. The molecule has 2 aromatic rings. The van der Waals surface area contributed by atoms with Gasteiger partial charge in [-0.3, -0.25) is 4.79 Å². The lowest BCUT2D eigenvalue weighted by atomic mass is 10.3. The van der Waals surface area contributed by atoms with Gasteiger partial charge in [0.05, 0.1) is 5.69 Å². The minimum Gasteiger partial charge on any atom is -0.296 e. The molecule has 0 saturated heterocycles. The lowest BCUT2D eigenvalue weighted by Gasteiger charge is -2.03. The fourth-order valence-electron chi connectivity index (χ4n) is 1.41. The summed E-state index contributed by atoms with van der Waals surface area (Å²) in [5.41, 5.74) is -1.25. The van der Waals surface area contributed by atoms with E-state index in [2.05, 4.69) is 5.10 Å². The van der Waals surface area contributed by atoms with E-state index in [1.54, 1.807) is 0 Å². The maximum absolute atomic E-state index is 12.7. The summed E-state index contributed by atoms with van der Waals surface area (Å²) in [5.74, 6) is -0.533. The lowest BCUT2D eigenvalue weighted by molar-refractivity contribution is -0.141. The second kappa shape index (κ2) is 4.25. The summed E-state index contributed by atoms with van der Waals surface area (Å²) in [5, 5.41) is 3.29. The van der Waals surface area contributed by atoms with Gasteiger partial charge >= 0.3 is 6.18 Å². The Morgan fingerprint density at radius 3 is 2.28 bits per heavy atom. The number of halogens is 4. The molecule has 0 fully saturated rings. The third kappa shape index (κ3) is 2.24. The number of hydrogen-bond acceptors (Lipinski definition) is 2. The normalized spacial score (nSPS) is 11.6. The third-order valence-electron chi connectivity index (χ3n) is 2.22. The fourth-order valence-corrected chi connectivity index (χ4v) is 1.41. The van der Waals surface area contributed by atoms with Crippen LogP contribution in [0.4, 0.5) is 17.6 Å². The van der Waals surface area contributed by atoms with Gasteiger partial charge in [0.25, 0.3) is 0 Å². The fraction of sp³-hybridized carbons (Fsp3) is 0.0909. The Labute approximate surface area is 98.6 Å². The molecule has 0 bridgehead atoms. The van der Waals surface area contributed by atoms with E-state index >= 15 is 0 Å². The molecule has 0 radical (unpaired) electrons. The first-order valence-electron chi connectivity index (χ1n) is 4.80. The minimum atomic E-state index is -4.64. The quantitative estimate of drug-likeness (QED) is 0.613. The highest BCUT2D eigenvalue weighted by Crippen LogP contribution is 2.29. The maximum atomic E-state index is 12.7. The maximum Gasteiger partial charge on any atom is 0.435 e. The topological polar surface area (TPSA) is 34.9 Å². The molecular formula is C11H6F4N2O. The number of benzene rings is 1. The first-order valence-corrected chi connectivity index (χ1v) is 4.80.